The Balaban J connectivity index is 2.29. The molecular formula is C18H30N2O. The highest BCUT2D eigenvalue weighted by Gasteiger charge is 2.42. The monoisotopic (exact) mass is 290 g/mol. The molecule has 0 aromatic carbocycles. The van der Waals surface area contributed by atoms with E-state index in [-0.39, 0.29) is 11.6 Å². The minimum atomic E-state index is -0.0862. The molecule has 1 unspecified atom stereocenters. The second kappa shape index (κ2) is 7.37. The summed E-state index contributed by atoms with van der Waals surface area (Å²) >= 11 is 0. The van der Waals surface area contributed by atoms with Crippen molar-refractivity contribution in [3.8, 4) is 0 Å². The van der Waals surface area contributed by atoms with Crippen LogP contribution in [0.3, 0.4) is 0 Å². The molecule has 0 aliphatic heterocycles. The lowest BCUT2D eigenvalue weighted by Gasteiger charge is -2.44. The Bertz CT molecular complexity index is 439. The molecule has 2 rings (SSSR count). The standard InChI is InChI=1S/C18H30N2O/c1-5-10-20-17(16-11-15(3)12-19-13-16)18(21-4)8-6-14(2)7-9-18/h11-14,17,20H,5-10H2,1-4H3. The van der Waals surface area contributed by atoms with Crippen LogP contribution in [-0.2, 0) is 4.74 Å². The molecule has 0 bridgehead atoms. The normalized spacial score (nSPS) is 27.5. The summed E-state index contributed by atoms with van der Waals surface area (Å²) in [6, 6.07) is 2.49. The molecule has 0 amide bonds. The fourth-order valence-electron chi connectivity index (χ4n) is 3.49. The van der Waals surface area contributed by atoms with Gasteiger partial charge in [-0.2, -0.15) is 0 Å². The Morgan fingerprint density at radius 1 is 1.38 bits per heavy atom. The topological polar surface area (TPSA) is 34.2 Å². The van der Waals surface area contributed by atoms with Crippen molar-refractivity contribution in [3.63, 3.8) is 0 Å². The average Bonchev–Trinajstić information content (AvgIpc) is 2.50. The van der Waals surface area contributed by atoms with Crippen LogP contribution in [-0.4, -0.2) is 24.2 Å². The maximum atomic E-state index is 6.09. The zero-order chi connectivity index (χ0) is 15.3. The fourth-order valence-corrected chi connectivity index (χ4v) is 3.49. The van der Waals surface area contributed by atoms with Gasteiger partial charge in [-0.3, -0.25) is 4.98 Å². The van der Waals surface area contributed by atoms with E-state index < -0.39 is 0 Å². The lowest BCUT2D eigenvalue weighted by atomic mass is 9.73. The second-order valence-corrected chi connectivity index (χ2v) is 6.63. The van der Waals surface area contributed by atoms with Crippen molar-refractivity contribution >= 4 is 0 Å². The van der Waals surface area contributed by atoms with Crippen molar-refractivity contribution in [1.29, 1.82) is 0 Å². The van der Waals surface area contributed by atoms with Gasteiger partial charge < -0.3 is 10.1 Å². The predicted octanol–water partition coefficient (Wildman–Crippen LogP) is 4.03. The summed E-state index contributed by atoms with van der Waals surface area (Å²) in [6.07, 6.45) is 9.79. The van der Waals surface area contributed by atoms with Crippen LogP contribution in [0.5, 0.6) is 0 Å². The van der Waals surface area contributed by atoms with Gasteiger partial charge in [0.2, 0.25) is 0 Å². The third-order valence-corrected chi connectivity index (χ3v) is 4.88. The molecule has 1 atom stereocenters. The van der Waals surface area contributed by atoms with E-state index >= 15 is 0 Å². The molecular weight excluding hydrogens is 260 g/mol. The minimum Gasteiger partial charge on any atom is -0.376 e. The highest BCUT2D eigenvalue weighted by molar-refractivity contribution is 5.24. The number of ether oxygens (including phenoxy) is 1. The molecule has 0 spiro atoms. The van der Waals surface area contributed by atoms with E-state index in [1.54, 1.807) is 0 Å². The maximum absolute atomic E-state index is 6.09. The summed E-state index contributed by atoms with van der Waals surface area (Å²) in [5.74, 6) is 0.815. The van der Waals surface area contributed by atoms with Crippen molar-refractivity contribution in [2.24, 2.45) is 5.92 Å². The number of nitrogens with zero attached hydrogens (tertiary/aromatic N) is 1. The Morgan fingerprint density at radius 2 is 2.10 bits per heavy atom. The molecule has 1 heterocycles. The van der Waals surface area contributed by atoms with Crippen LogP contribution in [0.15, 0.2) is 18.5 Å². The summed E-state index contributed by atoms with van der Waals surface area (Å²) < 4.78 is 6.09. The predicted molar refractivity (Wildman–Crippen MR) is 87.4 cm³/mol. The number of nitrogens with one attached hydrogen (secondary N) is 1. The van der Waals surface area contributed by atoms with Gasteiger partial charge in [0, 0.05) is 19.5 Å². The van der Waals surface area contributed by atoms with E-state index in [2.05, 4.69) is 37.1 Å². The molecule has 1 aliphatic carbocycles. The lowest BCUT2D eigenvalue weighted by molar-refractivity contribution is -0.0761. The molecule has 1 saturated carbocycles. The van der Waals surface area contributed by atoms with Crippen molar-refractivity contribution < 1.29 is 4.74 Å². The molecule has 1 aromatic rings. The zero-order valence-corrected chi connectivity index (χ0v) is 14.0. The SMILES string of the molecule is CCCNC(c1cncc(C)c1)C1(OC)CCC(C)CC1. The molecule has 3 heteroatoms. The molecule has 21 heavy (non-hydrogen) atoms. The third kappa shape index (κ3) is 3.83. The van der Waals surface area contributed by atoms with E-state index in [1.807, 2.05) is 19.5 Å². The molecule has 0 radical (unpaired) electrons. The molecule has 1 aromatic heterocycles. The van der Waals surface area contributed by atoms with Crippen molar-refractivity contribution in [2.75, 3.05) is 13.7 Å². The summed E-state index contributed by atoms with van der Waals surface area (Å²) in [6.45, 7) is 7.68. The van der Waals surface area contributed by atoms with Crippen molar-refractivity contribution in [2.45, 2.75) is 64.5 Å². The first kappa shape index (κ1) is 16.4. The van der Waals surface area contributed by atoms with Crippen LogP contribution in [0.25, 0.3) is 0 Å². The van der Waals surface area contributed by atoms with E-state index in [0.29, 0.717) is 0 Å². The Labute approximate surface area is 129 Å². The van der Waals surface area contributed by atoms with Gasteiger partial charge in [-0.05, 0) is 62.6 Å². The Hall–Kier alpha value is -0.930. The van der Waals surface area contributed by atoms with Gasteiger partial charge in [-0.25, -0.2) is 0 Å². The first-order valence-electron chi connectivity index (χ1n) is 8.31. The Kier molecular flexibility index (Phi) is 5.77. The van der Waals surface area contributed by atoms with E-state index in [1.165, 1.54) is 24.0 Å². The van der Waals surface area contributed by atoms with Crippen LogP contribution >= 0.6 is 0 Å². The van der Waals surface area contributed by atoms with Crippen LogP contribution in [0.2, 0.25) is 0 Å². The van der Waals surface area contributed by atoms with Gasteiger partial charge in [0.15, 0.2) is 0 Å². The number of aryl methyl sites for hydroxylation is 1. The summed E-state index contributed by atoms with van der Waals surface area (Å²) in [4.78, 5) is 4.39. The van der Waals surface area contributed by atoms with Gasteiger partial charge in [-0.1, -0.05) is 19.9 Å². The summed E-state index contributed by atoms with van der Waals surface area (Å²) in [5, 5.41) is 3.72. The molecule has 0 saturated heterocycles. The smallest absolute Gasteiger partial charge is 0.0873 e. The third-order valence-electron chi connectivity index (χ3n) is 4.88. The van der Waals surface area contributed by atoms with Gasteiger partial charge >= 0.3 is 0 Å². The van der Waals surface area contributed by atoms with Crippen molar-refractivity contribution in [1.82, 2.24) is 10.3 Å². The first-order valence-corrected chi connectivity index (χ1v) is 8.31. The first-order chi connectivity index (χ1) is 10.1. The summed E-state index contributed by atoms with van der Waals surface area (Å²) in [5.41, 5.74) is 2.39. The van der Waals surface area contributed by atoms with Gasteiger partial charge in [0.25, 0.3) is 0 Å². The quantitative estimate of drug-likeness (QED) is 0.859. The molecule has 1 aliphatic rings. The molecule has 1 fully saturated rings. The van der Waals surface area contributed by atoms with Crippen molar-refractivity contribution in [3.05, 3.63) is 29.6 Å². The largest absolute Gasteiger partial charge is 0.376 e. The van der Waals surface area contributed by atoms with Crippen LogP contribution < -0.4 is 5.32 Å². The van der Waals surface area contributed by atoms with E-state index in [9.17, 15) is 0 Å². The molecule has 118 valence electrons. The van der Waals surface area contributed by atoms with Crippen LogP contribution in [0.1, 0.15) is 63.1 Å². The van der Waals surface area contributed by atoms with Crippen LogP contribution in [0, 0.1) is 12.8 Å². The van der Waals surface area contributed by atoms with Gasteiger partial charge in [0.05, 0.1) is 11.6 Å². The Morgan fingerprint density at radius 3 is 2.67 bits per heavy atom. The number of hydrogen-bond acceptors (Lipinski definition) is 3. The maximum Gasteiger partial charge on any atom is 0.0873 e. The van der Waals surface area contributed by atoms with Crippen LogP contribution in [0.4, 0.5) is 0 Å². The summed E-state index contributed by atoms with van der Waals surface area (Å²) in [7, 11) is 1.87. The average molecular weight is 290 g/mol. The molecule has 1 N–H and O–H groups in total. The number of hydrogen-bond donors (Lipinski definition) is 1. The van der Waals surface area contributed by atoms with E-state index in [4.69, 9.17) is 4.74 Å². The minimum absolute atomic E-state index is 0.0862. The number of methoxy groups -OCH3 is 1. The zero-order valence-electron chi connectivity index (χ0n) is 14.0. The number of aromatic nitrogens is 1. The fraction of sp³-hybridized carbons (Fsp3) is 0.722. The van der Waals surface area contributed by atoms with E-state index in [0.717, 1.165) is 31.7 Å². The number of pyridine rings is 1. The second-order valence-electron chi connectivity index (χ2n) is 6.63. The van der Waals surface area contributed by atoms with Gasteiger partial charge in [0.1, 0.15) is 0 Å². The number of rotatable bonds is 6. The molecule has 3 nitrogen and oxygen atoms in total. The lowest BCUT2D eigenvalue weighted by Crippen LogP contribution is -2.48. The highest BCUT2D eigenvalue weighted by atomic mass is 16.5. The van der Waals surface area contributed by atoms with Gasteiger partial charge in [-0.15, -0.1) is 0 Å². The highest BCUT2D eigenvalue weighted by Crippen LogP contribution is 2.42.